The molecule has 33 heavy (non-hydrogen) atoms. The molecule has 2 aliphatic rings. The van der Waals surface area contributed by atoms with Gasteiger partial charge in [0.25, 0.3) is 0 Å². The van der Waals surface area contributed by atoms with Gasteiger partial charge in [-0.2, -0.15) is 5.26 Å². The first kappa shape index (κ1) is 22.6. The molecule has 0 aliphatic carbocycles. The van der Waals surface area contributed by atoms with Gasteiger partial charge in [-0.15, -0.1) is 0 Å². The maximum Gasteiger partial charge on any atom is 0.410 e. The van der Waals surface area contributed by atoms with E-state index in [2.05, 4.69) is 4.98 Å². The van der Waals surface area contributed by atoms with Gasteiger partial charge in [-0.25, -0.2) is 14.6 Å². The van der Waals surface area contributed by atoms with Crippen LogP contribution in [0.25, 0.3) is 0 Å². The minimum absolute atomic E-state index is 0.113. The molecule has 8 nitrogen and oxygen atoms in total. The number of pyridine rings is 1. The molecule has 0 radical (unpaired) electrons. The summed E-state index contributed by atoms with van der Waals surface area (Å²) in [6.45, 7) is 7.99. The van der Waals surface area contributed by atoms with Crippen molar-refractivity contribution in [2.45, 2.75) is 45.8 Å². The number of amides is 3. The van der Waals surface area contributed by atoms with E-state index in [-0.39, 0.29) is 17.8 Å². The molecule has 0 unspecified atom stereocenters. The standard InChI is InChI=1S/C25H29N5O3/c1-25(2,3)33-24(32)28-12-9-18(10-13-28)16-29-17-19-6-4-5-7-22(19)30(23(29)31)21-8-11-27-20(14-21)15-26/h4-8,11,14,18H,9-10,12-13,16-17H2,1-3H3. The summed E-state index contributed by atoms with van der Waals surface area (Å²) in [5, 5.41) is 9.25. The second kappa shape index (κ2) is 9.10. The third-order valence-corrected chi connectivity index (χ3v) is 5.92. The van der Waals surface area contributed by atoms with Gasteiger partial charge in [0.2, 0.25) is 0 Å². The van der Waals surface area contributed by atoms with Gasteiger partial charge in [-0.3, -0.25) is 4.90 Å². The molecule has 1 aromatic heterocycles. The van der Waals surface area contributed by atoms with E-state index in [1.165, 1.54) is 0 Å². The molecule has 0 atom stereocenters. The number of aromatic nitrogens is 1. The summed E-state index contributed by atoms with van der Waals surface area (Å²) >= 11 is 0. The highest BCUT2D eigenvalue weighted by atomic mass is 16.6. The SMILES string of the molecule is CC(C)(C)OC(=O)N1CCC(CN2Cc3ccccc3N(c3ccnc(C#N)c3)C2=O)CC1. The fourth-order valence-corrected chi connectivity index (χ4v) is 4.33. The molecular weight excluding hydrogens is 418 g/mol. The lowest BCUT2D eigenvalue weighted by Gasteiger charge is -2.40. The Bertz CT molecular complexity index is 1080. The van der Waals surface area contributed by atoms with Gasteiger partial charge in [0, 0.05) is 32.4 Å². The number of piperidine rings is 1. The van der Waals surface area contributed by atoms with Gasteiger partial charge >= 0.3 is 12.1 Å². The van der Waals surface area contributed by atoms with Crippen LogP contribution >= 0.6 is 0 Å². The zero-order valence-electron chi connectivity index (χ0n) is 19.3. The third kappa shape index (κ3) is 5.08. The first-order valence-corrected chi connectivity index (χ1v) is 11.3. The molecule has 3 heterocycles. The van der Waals surface area contributed by atoms with Crippen LogP contribution in [0.3, 0.4) is 0 Å². The van der Waals surface area contributed by atoms with Crippen molar-refractivity contribution in [1.82, 2.24) is 14.8 Å². The Morgan fingerprint density at radius 2 is 1.94 bits per heavy atom. The topological polar surface area (TPSA) is 89.8 Å². The molecule has 1 fully saturated rings. The second-order valence-corrected chi connectivity index (χ2v) is 9.55. The average Bonchev–Trinajstić information content (AvgIpc) is 2.79. The largest absolute Gasteiger partial charge is 0.444 e. The first-order valence-electron chi connectivity index (χ1n) is 11.3. The maximum atomic E-state index is 13.6. The summed E-state index contributed by atoms with van der Waals surface area (Å²) in [5.74, 6) is 0.298. The van der Waals surface area contributed by atoms with Gasteiger partial charge in [0.1, 0.15) is 17.4 Å². The molecule has 0 N–H and O–H groups in total. The third-order valence-electron chi connectivity index (χ3n) is 5.92. The van der Waals surface area contributed by atoms with Crippen molar-refractivity contribution in [3.05, 3.63) is 53.9 Å². The van der Waals surface area contributed by atoms with E-state index in [1.54, 1.807) is 28.1 Å². The van der Waals surface area contributed by atoms with Crippen LogP contribution in [0.2, 0.25) is 0 Å². The Morgan fingerprint density at radius 1 is 1.21 bits per heavy atom. The van der Waals surface area contributed by atoms with Crippen LogP contribution in [-0.4, -0.2) is 52.1 Å². The van der Waals surface area contributed by atoms with Crippen molar-refractivity contribution in [3.8, 4) is 6.07 Å². The smallest absolute Gasteiger partial charge is 0.410 e. The van der Waals surface area contributed by atoms with Gasteiger partial charge in [-0.05, 0) is 63.3 Å². The number of anilines is 2. The molecule has 2 aromatic rings. The number of benzene rings is 1. The van der Waals surface area contributed by atoms with Gasteiger partial charge < -0.3 is 14.5 Å². The fraction of sp³-hybridized carbons (Fsp3) is 0.440. The number of carbonyl (C=O) groups excluding carboxylic acids is 2. The number of para-hydroxylation sites is 1. The normalized spacial score (nSPS) is 16.9. The lowest BCUT2D eigenvalue weighted by molar-refractivity contribution is 0.0173. The van der Waals surface area contributed by atoms with Crippen molar-refractivity contribution in [1.29, 1.82) is 5.26 Å². The molecule has 4 rings (SSSR count). The monoisotopic (exact) mass is 447 g/mol. The summed E-state index contributed by atoms with van der Waals surface area (Å²) in [6.07, 6.45) is 2.91. The number of ether oxygens (including phenoxy) is 1. The van der Waals surface area contributed by atoms with Crippen molar-refractivity contribution in [3.63, 3.8) is 0 Å². The predicted molar refractivity (Wildman–Crippen MR) is 124 cm³/mol. The number of hydrogen-bond acceptors (Lipinski definition) is 5. The predicted octanol–water partition coefficient (Wildman–Crippen LogP) is 4.67. The molecule has 0 spiro atoms. The van der Waals surface area contributed by atoms with E-state index in [4.69, 9.17) is 4.74 Å². The summed E-state index contributed by atoms with van der Waals surface area (Å²) in [7, 11) is 0. The summed E-state index contributed by atoms with van der Waals surface area (Å²) in [4.78, 5) is 35.2. The van der Waals surface area contributed by atoms with E-state index < -0.39 is 5.60 Å². The van der Waals surface area contributed by atoms with Crippen molar-refractivity contribution < 1.29 is 14.3 Å². The number of fused-ring (bicyclic) bond motifs is 1. The highest BCUT2D eigenvalue weighted by Gasteiger charge is 2.34. The number of carbonyl (C=O) groups is 2. The Hall–Kier alpha value is -3.60. The molecule has 3 amide bonds. The van der Waals surface area contributed by atoms with Gasteiger partial charge in [0.15, 0.2) is 0 Å². The van der Waals surface area contributed by atoms with Crippen molar-refractivity contribution >= 4 is 23.5 Å². The summed E-state index contributed by atoms with van der Waals surface area (Å²) < 4.78 is 5.49. The number of nitrogens with zero attached hydrogens (tertiary/aromatic N) is 5. The van der Waals surface area contributed by atoms with Crippen molar-refractivity contribution in [2.24, 2.45) is 5.92 Å². The van der Waals surface area contributed by atoms with Crippen LogP contribution in [0.1, 0.15) is 44.9 Å². The van der Waals surface area contributed by atoms with Crippen LogP contribution in [0.15, 0.2) is 42.6 Å². The van der Waals surface area contributed by atoms with Gasteiger partial charge in [-0.1, -0.05) is 18.2 Å². The molecule has 1 saturated heterocycles. The number of likely N-dealkylation sites (tertiary alicyclic amines) is 1. The van der Waals surface area contributed by atoms with Crippen molar-refractivity contribution in [2.75, 3.05) is 24.5 Å². The number of hydrogen-bond donors (Lipinski definition) is 0. The van der Waals surface area contributed by atoms with E-state index in [1.807, 2.05) is 56.0 Å². The molecule has 0 saturated carbocycles. The average molecular weight is 448 g/mol. The summed E-state index contributed by atoms with van der Waals surface area (Å²) in [6, 6.07) is 13.2. The lowest BCUT2D eigenvalue weighted by Crippen LogP contribution is -2.48. The van der Waals surface area contributed by atoms with Crippen LogP contribution in [-0.2, 0) is 11.3 Å². The van der Waals surface area contributed by atoms with Gasteiger partial charge in [0.05, 0.1) is 11.4 Å². The number of rotatable bonds is 3. The minimum Gasteiger partial charge on any atom is -0.444 e. The van der Waals surface area contributed by atoms with E-state index in [9.17, 15) is 14.9 Å². The van der Waals surface area contributed by atoms with E-state index in [0.29, 0.717) is 37.8 Å². The first-order chi connectivity index (χ1) is 15.7. The zero-order chi connectivity index (χ0) is 23.6. The number of nitriles is 1. The Kier molecular flexibility index (Phi) is 6.23. The minimum atomic E-state index is -0.511. The fourth-order valence-electron chi connectivity index (χ4n) is 4.33. The number of urea groups is 1. The zero-order valence-corrected chi connectivity index (χ0v) is 19.3. The van der Waals surface area contributed by atoms with E-state index >= 15 is 0 Å². The highest BCUT2D eigenvalue weighted by Crippen LogP contribution is 2.35. The van der Waals surface area contributed by atoms with Crippen LogP contribution in [0, 0.1) is 17.2 Å². The second-order valence-electron chi connectivity index (χ2n) is 9.55. The quantitative estimate of drug-likeness (QED) is 0.682. The highest BCUT2D eigenvalue weighted by molar-refractivity contribution is 6.01. The molecule has 1 aromatic carbocycles. The Morgan fingerprint density at radius 3 is 2.64 bits per heavy atom. The Balaban J connectivity index is 1.48. The van der Waals surface area contributed by atoms with Crippen LogP contribution in [0.4, 0.5) is 21.0 Å². The molecule has 2 aliphatic heterocycles. The molecule has 0 bridgehead atoms. The summed E-state index contributed by atoms with van der Waals surface area (Å²) in [5.41, 5.74) is 2.27. The van der Waals surface area contributed by atoms with Crippen LogP contribution < -0.4 is 4.90 Å². The molecule has 8 heteroatoms. The van der Waals surface area contributed by atoms with Crippen LogP contribution in [0.5, 0.6) is 0 Å². The maximum absolute atomic E-state index is 13.6. The molecular formula is C25H29N5O3. The van der Waals surface area contributed by atoms with E-state index in [0.717, 1.165) is 24.1 Å². The Labute approximate surface area is 194 Å². The molecule has 172 valence electrons. The lowest BCUT2D eigenvalue weighted by atomic mass is 9.95.